The fourth-order valence-electron chi connectivity index (χ4n) is 4.61. The molecule has 0 saturated heterocycles. The first-order valence-corrected chi connectivity index (χ1v) is 12.5. The summed E-state index contributed by atoms with van der Waals surface area (Å²) in [6.07, 6.45) is 6.95. The predicted octanol–water partition coefficient (Wildman–Crippen LogP) is 4.82. The maximum absolute atomic E-state index is 11.4. The van der Waals surface area contributed by atoms with Gasteiger partial charge in [-0.15, -0.1) is 0 Å². The number of carbonyl (C=O) groups excluding carboxylic acids is 1. The normalized spacial score (nSPS) is 13.1. The Kier molecular flexibility index (Phi) is 6.96. The molecule has 0 bridgehead atoms. The van der Waals surface area contributed by atoms with Gasteiger partial charge in [0.1, 0.15) is 5.75 Å². The van der Waals surface area contributed by atoms with Gasteiger partial charge in [-0.3, -0.25) is 4.79 Å². The molecule has 1 aliphatic carbocycles. The molecule has 2 aromatic carbocycles. The number of fused-ring (bicyclic) bond motifs is 1. The van der Waals surface area contributed by atoms with Crippen molar-refractivity contribution in [2.24, 2.45) is 0 Å². The molecule has 9 nitrogen and oxygen atoms in total. The van der Waals surface area contributed by atoms with Crippen molar-refractivity contribution in [3.8, 4) is 17.0 Å². The van der Waals surface area contributed by atoms with Crippen LogP contribution in [0.15, 0.2) is 48.8 Å². The van der Waals surface area contributed by atoms with Gasteiger partial charge in [-0.05, 0) is 50.6 Å². The van der Waals surface area contributed by atoms with Gasteiger partial charge in [0.2, 0.25) is 12.4 Å². The lowest BCUT2D eigenvalue weighted by molar-refractivity contribution is -0.105. The molecule has 0 radical (unpaired) electrons. The molecule has 1 saturated carbocycles. The minimum atomic E-state index is 0.439. The molecule has 5 rings (SSSR count). The second-order valence-electron chi connectivity index (χ2n) is 9.69. The highest BCUT2D eigenvalue weighted by molar-refractivity contribution is 5.97. The number of hydrogen-bond donors (Lipinski definition) is 3. The molecule has 4 aromatic rings. The van der Waals surface area contributed by atoms with Crippen molar-refractivity contribution in [3.05, 3.63) is 54.4 Å². The molecule has 192 valence electrons. The topological polar surface area (TPSA) is 98.4 Å². The summed E-state index contributed by atoms with van der Waals surface area (Å²) in [5.41, 5.74) is 6.61. The van der Waals surface area contributed by atoms with Crippen LogP contribution in [0.5, 0.6) is 5.75 Å². The molecular formula is C28H33N7O2. The minimum Gasteiger partial charge on any atom is -0.494 e. The van der Waals surface area contributed by atoms with Crippen LogP contribution in [0.25, 0.3) is 22.2 Å². The van der Waals surface area contributed by atoms with E-state index in [-0.39, 0.29) is 0 Å². The molecule has 0 aliphatic heterocycles. The Morgan fingerprint density at radius 3 is 2.70 bits per heavy atom. The largest absolute Gasteiger partial charge is 0.494 e. The van der Waals surface area contributed by atoms with Crippen molar-refractivity contribution in [2.75, 3.05) is 56.9 Å². The monoisotopic (exact) mass is 499 g/mol. The summed E-state index contributed by atoms with van der Waals surface area (Å²) >= 11 is 0. The van der Waals surface area contributed by atoms with E-state index in [2.05, 4.69) is 48.6 Å². The zero-order valence-corrected chi connectivity index (χ0v) is 21.7. The third kappa shape index (κ3) is 5.22. The number of H-pyrrole nitrogens is 1. The zero-order valence-electron chi connectivity index (χ0n) is 21.7. The number of hydrogen-bond acceptors (Lipinski definition) is 7. The van der Waals surface area contributed by atoms with Crippen molar-refractivity contribution in [1.29, 1.82) is 0 Å². The highest BCUT2D eigenvalue weighted by Crippen LogP contribution is 2.44. The number of carbonyl (C=O) groups is 1. The van der Waals surface area contributed by atoms with Crippen LogP contribution in [0.3, 0.4) is 0 Å². The number of aromatic nitrogens is 3. The van der Waals surface area contributed by atoms with Crippen LogP contribution in [0.4, 0.5) is 23.0 Å². The number of rotatable bonds is 11. The summed E-state index contributed by atoms with van der Waals surface area (Å²) in [5, 5.41) is 7.27. The van der Waals surface area contributed by atoms with Gasteiger partial charge < -0.3 is 30.2 Å². The second-order valence-corrected chi connectivity index (χ2v) is 9.69. The lowest BCUT2D eigenvalue weighted by atomic mass is 10.0. The van der Waals surface area contributed by atoms with Crippen molar-refractivity contribution >= 4 is 40.3 Å². The van der Waals surface area contributed by atoms with Crippen LogP contribution in [0, 0.1) is 0 Å². The number of nitrogens with one attached hydrogen (secondary N) is 3. The van der Waals surface area contributed by atoms with Crippen LogP contribution in [0.2, 0.25) is 0 Å². The number of methoxy groups -OCH3 is 1. The van der Waals surface area contributed by atoms with Crippen molar-refractivity contribution < 1.29 is 9.53 Å². The smallest absolute Gasteiger partial charge is 0.227 e. The van der Waals surface area contributed by atoms with E-state index in [1.807, 2.05) is 45.5 Å². The number of anilines is 4. The van der Waals surface area contributed by atoms with Gasteiger partial charge in [0.05, 0.1) is 29.9 Å². The molecule has 37 heavy (non-hydrogen) atoms. The molecule has 0 unspecified atom stereocenters. The molecular weight excluding hydrogens is 466 g/mol. The Morgan fingerprint density at radius 2 is 1.97 bits per heavy atom. The van der Waals surface area contributed by atoms with Crippen molar-refractivity contribution in [1.82, 2.24) is 19.9 Å². The van der Waals surface area contributed by atoms with Gasteiger partial charge in [-0.25, -0.2) is 9.97 Å². The molecule has 1 aliphatic rings. The Morgan fingerprint density at radius 1 is 1.14 bits per heavy atom. The Bertz CT molecular complexity index is 1410. The van der Waals surface area contributed by atoms with Gasteiger partial charge in [-0.1, -0.05) is 18.2 Å². The fraction of sp³-hybridized carbons (Fsp3) is 0.321. The molecule has 3 N–H and O–H groups in total. The number of aromatic amines is 1. The van der Waals surface area contributed by atoms with E-state index in [4.69, 9.17) is 9.72 Å². The van der Waals surface area contributed by atoms with Crippen molar-refractivity contribution in [3.63, 3.8) is 0 Å². The molecule has 1 amide bonds. The molecule has 0 atom stereocenters. The molecule has 2 aromatic heterocycles. The summed E-state index contributed by atoms with van der Waals surface area (Å²) < 4.78 is 5.69. The summed E-state index contributed by atoms with van der Waals surface area (Å²) in [7, 11) is 7.67. The molecule has 2 heterocycles. The average Bonchev–Trinajstić information content (AvgIpc) is 3.65. The van der Waals surface area contributed by atoms with E-state index in [9.17, 15) is 4.79 Å². The predicted molar refractivity (Wildman–Crippen MR) is 149 cm³/mol. The Balaban J connectivity index is 1.46. The van der Waals surface area contributed by atoms with E-state index in [1.54, 1.807) is 13.3 Å². The number of likely N-dealkylation sites (N-methyl/N-ethyl adjacent to an activating group) is 2. The Hall–Kier alpha value is -4.11. The number of nitrogens with zero attached hydrogens (tertiary/aromatic N) is 4. The van der Waals surface area contributed by atoms with Gasteiger partial charge in [0, 0.05) is 55.1 Å². The average molecular weight is 500 g/mol. The SMILES string of the molecule is COc1cc(N(C)CCN(C)C)c(NC=O)cc1Nc1nccc(-c2c[nH]c3c(C4CC4)cccc23)n1. The summed E-state index contributed by atoms with van der Waals surface area (Å²) in [5.74, 6) is 1.72. The summed E-state index contributed by atoms with van der Waals surface area (Å²) in [6, 6.07) is 12.1. The molecule has 0 spiro atoms. The van der Waals surface area contributed by atoms with Crippen LogP contribution in [0.1, 0.15) is 24.3 Å². The lowest BCUT2D eigenvalue weighted by Crippen LogP contribution is -2.29. The van der Waals surface area contributed by atoms with Crippen molar-refractivity contribution in [2.45, 2.75) is 18.8 Å². The van der Waals surface area contributed by atoms with E-state index in [0.717, 1.165) is 35.4 Å². The van der Waals surface area contributed by atoms with Crippen LogP contribution >= 0.6 is 0 Å². The number of benzene rings is 2. The van der Waals surface area contributed by atoms with E-state index < -0.39 is 0 Å². The minimum absolute atomic E-state index is 0.439. The van der Waals surface area contributed by atoms with E-state index in [0.29, 0.717) is 35.4 Å². The third-order valence-corrected chi connectivity index (χ3v) is 6.77. The van der Waals surface area contributed by atoms with Crippen LogP contribution in [-0.2, 0) is 4.79 Å². The maximum Gasteiger partial charge on any atom is 0.227 e. The summed E-state index contributed by atoms with van der Waals surface area (Å²) in [4.78, 5) is 28.3. The lowest BCUT2D eigenvalue weighted by Gasteiger charge is -2.25. The first-order valence-electron chi connectivity index (χ1n) is 12.5. The maximum atomic E-state index is 11.4. The third-order valence-electron chi connectivity index (χ3n) is 6.77. The first-order chi connectivity index (χ1) is 18.0. The van der Waals surface area contributed by atoms with Gasteiger partial charge in [-0.2, -0.15) is 0 Å². The number of ether oxygens (including phenoxy) is 1. The van der Waals surface area contributed by atoms with Crippen LogP contribution < -0.4 is 20.3 Å². The van der Waals surface area contributed by atoms with Gasteiger partial charge >= 0.3 is 0 Å². The first kappa shape index (κ1) is 24.6. The highest BCUT2D eigenvalue weighted by Gasteiger charge is 2.26. The fourth-order valence-corrected chi connectivity index (χ4v) is 4.61. The van der Waals surface area contributed by atoms with E-state index >= 15 is 0 Å². The zero-order chi connectivity index (χ0) is 25.9. The van der Waals surface area contributed by atoms with Crippen LogP contribution in [-0.4, -0.2) is 67.6 Å². The number of amides is 1. The van der Waals surface area contributed by atoms with Gasteiger partial charge in [0.15, 0.2) is 0 Å². The Labute approximate surface area is 216 Å². The molecule has 9 heteroatoms. The highest BCUT2D eigenvalue weighted by atomic mass is 16.5. The quantitative estimate of drug-likeness (QED) is 0.255. The second kappa shape index (κ2) is 10.5. The van der Waals surface area contributed by atoms with Gasteiger partial charge in [0.25, 0.3) is 0 Å². The standard InChI is InChI=1S/C28H33N7O2/c1-34(2)12-13-35(3)25-15-26(37-4)24(14-23(25)31-17-36)33-28-29-11-10-22(32-28)21-16-30-27-19(18-8-9-18)6-5-7-20(21)27/h5-7,10-11,14-18,30H,8-9,12-13H2,1-4H3,(H,31,36)(H,29,32,33). The summed E-state index contributed by atoms with van der Waals surface area (Å²) in [6.45, 7) is 1.66. The molecule has 1 fully saturated rings. The van der Waals surface area contributed by atoms with E-state index in [1.165, 1.54) is 23.9 Å². The number of para-hydroxylation sites is 1.